The second kappa shape index (κ2) is 9.59. The van der Waals surface area contributed by atoms with Crippen molar-refractivity contribution >= 4 is 23.4 Å². The van der Waals surface area contributed by atoms with E-state index in [0.717, 1.165) is 33.5 Å². The molecule has 7 heteroatoms. The van der Waals surface area contributed by atoms with Crippen molar-refractivity contribution in [1.29, 1.82) is 5.26 Å². The Labute approximate surface area is 180 Å². The predicted molar refractivity (Wildman–Crippen MR) is 118 cm³/mol. The summed E-state index contributed by atoms with van der Waals surface area (Å²) in [6, 6.07) is 14.1. The minimum atomic E-state index is -0.105. The van der Waals surface area contributed by atoms with Gasteiger partial charge in [-0.15, -0.1) is 10.2 Å². The van der Waals surface area contributed by atoms with Crippen LogP contribution in [0.1, 0.15) is 28.7 Å². The highest BCUT2D eigenvalue weighted by molar-refractivity contribution is 7.99. The fourth-order valence-electron chi connectivity index (χ4n) is 3.35. The Bertz CT molecular complexity index is 1060. The maximum Gasteiger partial charge on any atom is 0.277 e. The molecular weight excluding hydrogens is 396 g/mol. The van der Waals surface area contributed by atoms with E-state index in [1.54, 1.807) is 4.90 Å². The molecule has 0 saturated carbocycles. The van der Waals surface area contributed by atoms with Gasteiger partial charge in [0.05, 0.1) is 18.2 Å². The summed E-state index contributed by atoms with van der Waals surface area (Å²) in [5.41, 5.74) is 6.05. The Kier molecular flexibility index (Phi) is 6.91. The van der Waals surface area contributed by atoms with Crippen molar-refractivity contribution in [3.8, 4) is 17.5 Å². The normalized spacial score (nSPS) is 10.6. The number of anilines is 1. The molecule has 0 spiro atoms. The van der Waals surface area contributed by atoms with E-state index >= 15 is 0 Å². The number of nitriles is 1. The van der Waals surface area contributed by atoms with Crippen LogP contribution in [0.3, 0.4) is 0 Å². The first-order chi connectivity index (χ1) is 14.4. The molecule has 0 aliphatic carbocycles. The molecule has 0 N–H and O–H groups in total. The molecule has 3 aromatic rings. The van der Waals surface area contributed by atoms with Gasteiger partial charge in [0.1, 0.15) is 0 Å². The Hall–Kier alpha value is -3.11. The molecule has 30 heavy (non-hydrogen) atoms. The summed E-state index contributed by atoms with van der Waals surface area (Å²) in [7, 11) is 0. The lowest BCUT2D eigenvalue weighted by atomic mass is 10.1. The number of carbonyl (C=O) groups excluding carboxylic acids is 1. The molecule has 1 aromatic heterocycles. The molecule has 0 bridgehead atoms. The van der Waals surface area contributed by atoms with Crippen molar-refractivity contribution in [2.75, 3.05) is 17.2 Å². The molecule has 0 radical (unpaired) electrons. The maximum absolute atomic E-state index is 12.9. The first-order valence-corrected chi connectivity index (χ1v) is 10.6. The number of nitrogens with zero attached hydrogens (tertiary/aromatic N) is 4. The zero-order valence-corrected chi connectivity index (χ0v) is 18.4. The highest BCUT2D eigenvalue weighted by Gasteiger charge is 2.18. The van der Waals surface area contributed by atoms with Crippen molar-refractivity contribution in [3.63, 3.8) is 0 Å². The summed E-state index contributed by atoms with van der Waals surface area (Å²) in [5, 5.41) is 17.5. The van der Waals surface area contributed by atoms with Gasteiger partial charge < -0.3 is 9.32 Å². The van der Waals surface area contributed by atoms with E-state index in [4.69, 9.17) is 9.68 Å². The number of hydrogen-bond donors (Lipinski definition) is 0. The first-order valence-electron chi connectivity index (χ1n) is 9.66. The third-order valence-electron chi connectivity index (χ3n) is 4.46. The van der Waals surface area contributed by atoms with Gasteiger partial charge in [0.25, 0.3) is 5.22 Å². The van der Waals surface area contributed by atoms with Crippen molar-refractivity contribution in [1.82, 2.24) is 10.2 Å². The molecule has 0 atom stereocenters. The summed E-state index contributed by atoms with van der Waals surface area (Å²) in [6.07, 6.45) is 0.265. The molecule has 0 aliphatic rings. The van der Waals surface area contributed by atoms with E-state index in [9.17, 15) is 4.79 Å². The van der Waals surface area contributed by atoms with E-state index in [2.05, 4.69) is 28.4 Å². The highest BCUT2D eigenvalue weighted by atomic mass is 32.2. The molecule has 0 unspecified atom stereocenters. The van der Waals surface area contributed by atoms with Crippen LogP contribution in [0, 0.1) is 39.0 Å². The molecule has 0 aliphatic heterocycles. The Morgan fingerprint density at radius 2 is 1.60 bits per heavy atom. The lowest BCUT2D eigenvalue weighted by Crippen LogP contribution is -2.33. The van der Waals surface area contributed by atoms with Crippen LogP contribution in [-0.4, -0.2) is 28.4 Å². The molecule has 0 fully saturated rings. The largest absolute Gasteiger partial charge is 0.411 e. The fourth-order valence-corrected chi connectivity index (χ4v) is 3.99. The average molecular weight is 421 g/mol. The number of thioether (sulfide) groups is 1. The Morgan fingerprint density at radius 3 is 2.20 bits per heavy atom. The van der Waals surface area contributed by atoms with Gasteiger partial charge in [-0.1, -0.05) is 35.0 Å². The minimum absolute atomic E-state index is 0.105. The number of amides is 1. The molecule has 154 valence electrons. The zero-order valence-electron chi connectivity index (χ0n) is 17.6. The van der Waals surface area contributed by atoms with Gasteiger partial charge in [0.2, 0.25) is 11.8 Å². The van der Waals surface area contributed by atoms with Crippen LogP contribution in [0.2, 0.25) is 0 Å². The van der Waals surface area contributed by atoms with Crippen LogP contribution in [-0.2, 0) is 4.79 Å². The standard InChI is InChI=1S/C23H24N4O2S/c1-15-8-16(2)11-19(10-15)22-25-26-23(29-22)30-14-21(28)27(7-5-6-24)20-12-17(3)9-18(4)13-20/h8-13H,5,7,14H2,1-4H3. The third-order valence-corrected chi connectivity index (χ3v) is 5.26. The minimum Gasteiger partial charge on any atom is -0.411 e. The number of rotatable bonds is 7. The summed E-state index contributed by atoms with van der Waals surface area (Å²) in [6.45, 7) is 8.36. The Morgan fingerprint density at radius 1 is 1.00 bits per heavy atom. The molecule has 1 heterocycles. The average Bonchev–Trinajstić information content (AvgIpc) is 3.14. The number of aryl methyl sites for hydroxylation is 4. The lowest BCUT2D eigenvalue weighted by Gasteiger charge is -2.22. The Balaban J connectivity index is 1.72. The summed E-state index contributed by atoms with van der Waals surface area (Å²) in [4.78, 5) is 14.6. The van der Waals surface area contributed by atoms with Crippen LogP contribution >= 0.6 is 11.8 Å². The van der Waals surface area contributed by atoms with E-state index < -0.39 is 0 Å². The molecule has 0 saturated heterocycles. The summed E-state index contributed by atoms with van der Waals surface area (Å²) < 4.78 is 5.75. The molecule has 6 nitrogen and oxygen atoms in total. The van der Waals surface area contributed by atoms with Crippen molar-refractivity contribution in [2.24, 2.45) is 0 Å². The van der Waals surface area contributed by atoms with E-state index in [0.29, 0.717) is 17.7 Å². The van der Waals surface area contributed by atoms with Crippen molar-refractivity contribution in [3.05, 3.63) is 58.7 Å². The highest BCUT2D eigenvalue weighted by Crippen LogP contribution is 2.26. The molecule has 1 amide bonds. The SMILES string of the molecule is Cc1cc(C)cc(-c2nnc(SCC(=O)N(CCC#N)c3cc(C)cc(C)c3)o2)c1. The van der Waals surface area contributed by atoms with Gasteiger partial charge in [-0.3, -0.25) is 4.79 Å². The maximum atomic E-state index is 12.9. The number of hydrogen-bond acceptors (Lipinski definition) is 6. The van der Waals surface area contributed by atoms with Gasteiger partial charge >= 0.3 is 0 Å². The van der Waals surface area contributed by atoms with Gasteiger partial charge in [-0.2, -0.15) is 5.26 Å². The molecular formula is C23H24N4O2S. The summed E-state index contributed by atoms with van der Waals surface area (Å²) in [5.74, 6) is 0.478. The second-order valence-corrected chi connectivity index (χ2v) is 8.26. The number of aromatic nitrogens is 2. The number of carbonyl (C=O) groups is 1. The van der Waals surface area contributed by atoms with Crippen LogP contribution in [0.5, 0.6) is 0 Å². The van der Waals surface area contributed by atoms with Gasteiger partial charge in [-0.25, -0.2) is 0 Å². The van der Waals surface area contributed by atoms with Gasteiger partial charge in [0.15, 0.2) is 0 Å². The fraction of sp³-hybridized carbons (Fsp3) is 0.304. The third kappa shape index (κ3) is 5.49. The smallest absolute Gasteiger partial charge is 0.277 e. The summed E-state index contributed by atoms with van der Waals surface area (Å²) >= 11 is 1.20. The quantitative estimate of drug-likeness (QED) is 0.500. The van der Waals surface area contributed by atoms with E-state index in [1.807, 2.05) is 52.0 Å². The van der Waals surface area contributed by atoms with Gasteiger partial charge in [0, 0.05) is 17.8 Å². The van der Waals surface area contributed by atoms with E-state index in [-0.39, 0.29) is 18.1 Å². The van der Waals surface area contributed by atoms with Crippen LogP contribution < -0.4 is 4.90 Å². The topological polar surface area (TPSA) is 83.0 Å². The van der Waals surface area contributed by atoms with Crippen LogP contribution in [0.25, 0.3) is 11.5 Å². The lowest BCUT2D eigenvalue weighted by molar-refractivity contribution is -0.116. The zero-order chi connectivity index (χ0) is 21.7. The second-order valence-electron chi connectivity index (χ2n) is 7.34. The first kappa shape index (κ1) is 21.6. The molecule has 3 rings (SSSR count). The van der Waals surface area contributed by atoms with Crippen LogP contribution in [0.15, 0.2) is 46.0 Å². The monoisotopic (exact) mass is 420 g/mol. The number of benzene rings is 2. The molecule has 2 aromatic carbocycles. The van der Waals surface area contributed by atoms with Crippen molar-refractivity contribution in [2.45, 2.75) is 39.3 Å². The van der Waals surface area contributed by atoms with Gasteiger partial charge in [-0.05, 0) is 63.1 Å². The predicted octanol–water partition coefficient (Wildman–Crippen LogP) is 5.01. The van der Waals surface area contributed by atoms with Crippen molar-refractivity contribution < 1.29 is 9.21 Å². The van der Waals surface area contributed by atoms with E-state index in [1.165, 1.54) is 11.8 Å². The van der Waals surface area contributed by atoms with Crippen LogP contribution in [0.4, 0.5) is 5.69 Å².